The van der Waals surface area contributed by atoms with Crippen LogP contribution in [0, 0.1) is 6.92 Å². The molecule has 5 heteroatoms. The topological polar surface area (TPSA) is 38.1 Å². The summed E-state index contributed by atoms with van der Waals surface area (Å²) in [4.78, 5) is 19.1. The van der Waals surface area contributed by atoms with E-state index in [4.69, 9.17) is 0 Å². The molecule has 1 amide bonds. The van der Waals surface area contributed by atoms with Crippen LogP contribution >= 0.6 is 15.9 Å². The quantitative estimate of drug-likeness (QED) is 0.667. The van der Waals surface area contributed by atoms with Gasteiger partial charge in [0.25, 0.3) is 0 Å². The van der Waals surface area contributed by atoms with E-state index in [0.717, 1.165) is 22.5 Å². The number of carbonyl (C=O) groups is 1. The molecule has 3 aromatic rings. The number of amides is 1. The molecule has 2 heterocycles. The van der Waals surface area contributed by atoms with Crippen LogP contribution in [0.2, 0.25) is 0 Å². The molecule has 0 saturated heterocycles. The zero-order valence-corrected chi connectivity index (χ0v) is 15.5. The van der Waals surface area contributed by atoms with Crippen molar-refractivity contribution in [3.05, 3.63) is 76.2 Å². The van der Waals surface area contributed by atoms with Crippen LogP contribution in [0.3, 0.4) is 0 Å². The molecule has 0 unspecified atom stereocenters. The number of benzene rings is 2. The van der Waals surface area contributed by atoms with Crippen LogP contribution in [0.15, 0.2) is 59.3 Å². The number of aryl methyl sites for hydroxylation is 1. The van der Waals surface area contributed by atoms with E-state index in [9.17, 15) is 4.79 Å². The Kier molecular flexibility index (Phi) is 4.17. The molecule has 0 radical (unpaired) electrons. The summed E-state index contributed by atoms with van der Waals surface area (Å²) in [7, 11) is 0. The lowest BCUT2D eigenvalue weighted by molar-refractivity contribution is -0.134. The standard InChI is InChI=1S/C20H18BrN3O/c1-14-7-9-15(10-8-14)11-23-12-17-19(16-5-3-2-4-6-16)22-20(21)24(17)13-18(23)25/h2-10H,11-13H2,1H3. The molecular weight excluding hydrogens is 378 g/mol. The van der Waals surface area contributed by atoms with Gasteiger partial charge in [0.15, 0.2) is 4.73 Å². The minimum absolute atomic E-state index is 0.116. The Morgan fingerprint density at radius 2 is 1.76 bits per heavy atom. The van der Waals surface area contributed by atoms with Gasteiger partial charge in [0.05, 0.1) is 17.9 Å². The molecule has 2 aromatic carbocycles. The smallest absolute Gasteiger partial charge is 0.243 e. The van der Waals surface area contributed by atoms with Gasteiger partial charge in [0.1, 0.15) is 6.54 Å². The maximum absolute atomic E-state index is 12.6. The van der Waals surface area contributed by atoms with Crippen molar-refractivity contribution in [2.75, 3.05) is 0 Å². The second-order valence-electron chi connectivity index (χ2n) is 6.36. The molecule has 4 nitrogen and oxygen atoms in total. The van der Waals surface area contributed by atoms with Crippen molar-refractivity contribution in [1.29, 1.82) is 0 Å². The van der Waals surface area contributed by atoms with Gasteiger partial charge in [-0.25, -0.2) is 4.98 Å². The lowest BCUT2D eigenvalue weighted by Gasteiger charge is -2.29. The van der Waals surface area contributed by atoms with Crippen LogP contribution in [-0.2, 0) is 24.4 Å². The van der Waals surface area contributed by atoms with Crippen molar-refractivity contribution in [2.45, 2.75) is 26.6 Å². The maximum atomic E-state index is 12.6. The first kappa shape index (κ1) is 16.1. The summed E-state index contributed by atoms with van der Waals surface area (Å²) < 4.78 is 2.68. The zero-order valence-electron chi connectivity index (χ0n) is 13.9. The number of aromatic nitrogens is 2. The van der Waals surface area contributed by atoms with E-state index in [1.807, 2.05) is 27.7 Å². The molecule has 25 heavy (non-hydrogen) atoms. The fourth-order valence-electron chi connectivity index (χ4n) is 3.17. The van der Waals surface area contributed by atoms with E-state index in [0.29, 0.717) is 24.4 Å². The molecule has 0 N–H and O–H groups in total. The number of carbonyl (C=O) groups excluding carboxylic acids is 1. The molecule has 1 aliphatic rings. The van der Waals surface area contributed by atoms with Crippen LogP contribution < -0.4 is 0 Å². The molecule has 0 aliphatic carbocycles. The Balaban J connectivity index is 1.66. The molecule has 0 fully saturated rings. The van der Waals surface area contributed by atoms with Gasteiger partial charge in [0, 0.05) is 12.1 Å². The highest BCUT2D eigenvalue weighted by Crippen LogP contribution is 2.30. The average Bonchev–Trinajstić information content (AvgIpc) is 2.94. The van der Waals surface area contributed by atoms with Gasteiger partial charge in [-0.2, -0.15) is 0 Å². The second-order valence-corrected chi connectivity index (χ2v) is 7.07. The van der Waals surface area contributed by atoms with Crippen LogP contribution in [0.5, 0.6) is 0 Å². The number of nitrogens with zero attached hydrogens (tertiary/aromatic N) is 3. The predicted molar refractivity (Wildman–Crippen MR) is 101 cm³/mol. The molecule has 0 atom stereocenters. The Hall–Kier alpha value is -2.40. The first-order valence-electron chi connectivity index (χ1n) is 8.25. The van der Waals surface area contributed by atoms with Gasteiger partial charge in [-0.1, -0.05) is 60.2 Å². The Morgan fingerprint density at radius 3 is 2.48 bits per heavy atom. The Morgan fingerprint density at radius 1 is 1.04 bits per heavy atom. The number of rotatable bonds is 3. The molecule has 0 spiro atoms. The lowest BCUT2D eigenvalue weighted by atomic mass is 10.1. The van der Waals surface area contributed by atoms with Crippen molar-refractivity contribution < 1.29 is 4.79 Å². The highest BCUT2D eigenvalue weighted by Gasteiger charge is 2.28. The third kappa shape index (κ3) is 3.12. The average molecular weight is 396 g/mol. The SMILES string of the molecule is Cc1ccc(CN2Cc3c(-c4ccccc4)nc(Br)n3CC2=O)cc1. The number of halogens is 1. The minimum atomic E-state index is 0.116. The van der Waals surface area contributed by atoms with Gasteiger partial charge in [-0.05, 0) is 28.4 Å². The minimum Gasteiger partial charge on any atom is -0.331 e. The summed E-state index contributed by atoms with van der Waals surface area (Å²) >= 11 is 3.50. The van der Waals surface area contributed by atoms with Crippen molar-refractivity contribution in [3.8, 4) is 11.3 Å². The Bertz CT molecular complexity index is 916. The van der Waals surface area contributed by atoms with Crippen LogP contribution in [0.1, 0.15) is 16.8 Å². The summed E-state index contributed by atoms with van der Waals surface area (Å²) in [5, 5.41) is 0. The van der Waals surface area contributed by atoms with E-state index < -0.39 is 0 Å². The second kappa shape index (κ2) is 6.48. The van der Waals surface area contributed by atoms with Crippen molar-refractivity contribution >= 4 is 21.8 Å². The summed E-state index contributed by atoms with van der Waals surface area (Å²) in [6, 6.07) is 18.5. The molecule has 4 rings (SSSR count). The van der Waals surface area contributed by atoms with E-state index >= 15 is 0 Å². The van der Waals surface area contributed by atoms with Crippen LogP contribution in [-0.4, -0.2) is 20.4 Å². The first-order chi connectivity index (χ1) is 12.1. The first-order valence-corrected chi connectivity index (χ1v) is 9.05. The monoisotopic (exact) mass is 395 g/mol. The van der Waals surface area contributed by atoms with E-state index in [-0.39, 0.29) is 5.91 Å². The number of hydrogen-bond acceptors (Lipinski definition) is 2. The highest BCUT2D eigenvalue weighted by atomic mass is 79.9. The zero-order chi connectivity index (χ0) is 17.4. The third-order valence-corrected chi connectivity index (χ3v) is 5.16. The van der Waals surface area contributed by atoms with Gasteiger partial charge in [0.2, 0.25) is 5.91 Å². The van der Waals surface area contributed by atoms with Crippen molar-refractivity contribution in [3.63, 3.8) is 0 Å². The summed E-state index contributed by atoms with van der Waals surface area (Å²) in [6.07, 6.45) is 0. The summed E-state index contributed by atoms with van der Waals surface area (Å²) in [5.74, 6) is 0.116. The number of fused-ring (bicyclic) bond motifs is 1. The van der Waals surface area contributed by atoms with Gasteiger partial charge < -0.3 is 9.47 Å². The van der Waals surface area contributed by atoms with Gasteiger partial charge in [-0.15, -0.1) is 0 Å². The van der Waals surface area contributed by atoms with Crippen LogP contribution in [0.25, 0.3) is 11.3 Å². The molecule has 1 aromatic heterocycles. The summed E-state index contributed by atoms with van der Waals surface area (Å²) in [5.41, 5.74) is 5.45. The predicted octanol–water partition coefficient (Wildman–Crippen LogP) is 4.16. The molecule has 126 valence electrons. The largest absolute Gasteiger partial charge is 0.331 e. The fraction of sp³-hybridized carbons (Fsp3) is 0.200. The number of imidazole rings is 1. The molecular formula is C20H18BrN3O. The van der Waals surface area contributed by atoms with Crippen molar-refractivity contribution in [2.24, 2.45) is 0 Å². The summed E-state index contributed by atoms with van der Waals surface area (Å²) in [6.45, 7) is 3.57. The van der Waals surface area contributed by atoms with E-state index in [2.05, 4.69) is 64.2 Å². The third-order valence-electron chi connectivity index (χ3n) is 4.55. The van der Waals surface area contributed by atoms with Gasteiger partial charge in [-0.3, -0.25) is 4.79 Å². The van der Waals surface area contributed by atoms with E-state index in [1.54, 1.807) is 0 Å². The molecule has 0 bridgehead atoms. The molecule has 1 aliphatic heterocycles. The lowest BCUT2D eigenvalue weighted by Crippen LogP contribution is -2.38. The van der Waals surface area contributed by atoms with Crippen molar-refractivity contribution in [1.82, 2.24) is 14.5 Å². The Labute approximate surface area is 155 Å². The van der Waals surface area contributed by atoms with Gasteiger partial charge >= 0.3 is 0 Å². The van der Waals surface area contributed by atoms with Crippen LogP contribution in [0.4, 0.5) is 0 Å². The normalized spacial score (nSPS) is 13.8. The molecule has 0 saturated carbocycles. The maximum Gasteiger partial charge on any atom is 0.243 e. The fourth-order valence-corrected chi connectivity index (χ4v) is 3.68. The number of hydrogen-bond donors (Lipinski definition) is 0. The van der Waals surface area contributed by atoms with E-state index in [1.165, 1.54) is 5.56 Å². The highest BCUT2D eigenvalue weighted by molar-refractivity contribution is 9.10.